The van der Waals surface area contributed by atoms with Gasteiger partial charge in [-0.15, -0.1) is 0 Å². The second-order valence-corrected chi connectivity index (χ2v) is 4.52. The van der Waals surface area contributed by atoms with Crippen LogP contribution in [0.5, 0.6) is 0 Å². The average molecular weight is 315 g/mol. The molecule has 0 aliphatic heterocycles. The summed E-state index contributed by atoms with van der Waals surface area (Å²) in [5, 5.41) is 20.3. The standard InChI is InChI=1S/C12H12BrFN2O2/c1-2-3-9(12(17)18)16-8-5-4-7(6-15)10(13)11(8)14/h4-5,9,16H,2-3H2,1H3,(H,17,18). The van der Waals surface area contributed by atoms with Gasteiger partial charge in [0.25, 0.3) is 0 Å². The lowest BCUT2D eigenvalue weighted by molar-refractivity contribution is -0.138. The van der Waals surface area contributed by atoms with Gasteiger partial charge in [0, 0.05) is 0 Å². The molecule has 0 spiro atoms. The molecule has 6 heteroatoms. The maximum absolute atomic E-state index is 13.9. The van der Waals surface area contributed by atoms with Gasteiger partial charge in [-0.25, -0.2) is 9.18 Å². The lowest BCUT2D eigenvalue weighted by atomic mass is 10.1. The van der Waals surface area contributed by atoms with Crippen molar-refractivity contribution in [1.82, 2.24) is 0 Å². The zero-order chi connectivity index (χ0) is 13.7. The molecule has 96 valence electrons. The van der Waals surface area contributed by atoms with E-state index in [0.717, 1.165) is 0 Å². The number of rotatable bonds is 5. The number of hydrogen-bond acceptors (Lipinski definition) is 3. The van der Waals surface area contributed by atoms with E-state index in [0.29, 0.717) is 12.8 Å². The molecule has 0 aromatic heterocycles. The van der Waals surface area contributed by atoms with Crippen LogP contribution >= 0.6 is 15.9 Å². The summed E-state index contributed by atoms with van der Waals surface area (Å²) in [6.07, 6.45) is 1.06. The Morgan fingerprint density at radius 1 is 1.67 bits per heavy atom. The Kier molecular flexibility index (Phi) is 5.10. The molecule has 0 radical (unpaired) electrons. The molecule has 0 fully saturated rings. The molecular formula is C12H12BrFN2O2. The number of aliphatic carboxylic acids is 1. The van der Waals surface area contributed by atoms with Gasteiger partial charge in [0.15, 0.2) is 5.82 Å². The zero-order valence-electron chi connectivity index (χ0n) is 9.70. The van der Waals surface area contributed by atoms with Crippen molar-refractivity contribution in [3.8, 4) is 6.07 Å². The monoisotopic (exact) mass is 314 g/mol. The van der Waals surface area contributed by atoms with Gasteiger partial charge in [-0.2, -0.15) is 5.26 Å². The van der Waals surface area contributed by atoms with E-state index < -0.39 is 17.8 Å². The summed E-state index contributed by atoms with van der Waals surface area (Å²) < 4.78 is 13.9. The van der Waals surface area contributed by atoms with Crippen LogP contribution in [0.4, 0.5) is 10.1 Å². The van der Waals surface area contributed by atoms with Crippen molar-refractivity contribution < 1.29 is 14.3 Å². The quantitative estimate of drug-likeness (QED) is 0.875. The van der Waals surface area contributed by atoms with Crippen molar-refractivity contribution >= 4 is 27.6 Å². The topological polar surface area (TPSA) is 73.1 Å². The zero-order valence-corrected chi connectivity index (χ0v) is 11.3. The number of carboxylic acid groups (broad SMARTS) is 1. The normalized spacial score (nSPS) is 11.7. The summed E-state index contributed by atoms with van der Waals surface area (Å²) in [7, 11) is 0. The predicted octanol–water partition coefficient (Wildman–Crippen LogP) is 3.13. The number of carboxylic acids is 1. The van der Waals surface area contributed by atoms with Crippen molar-refractivity contribution in [2.75, 3.05) is 5.32 Å². The van der Waals surface area contributed by atoms with Crippen molar-refractivity contribution in [2.24, 2.45) is 0 Å². The highest BCUT2D eigenvalue weighted by Gasteiger charge is 2.19. The summed E-state index contributed by atoms with van der Waals surface area (Å²) in [6, 6.07) is 3.79. The second kappa shape index (κ2) is 6.36. The molecule has 1 atom stereocenters. The van der Waals surface area contributed by atoms with Gasteiger partial charge in [-0.05, 0) is 34.5 Å². The molecule has 0 heterocycles. The number of carbonyl (C=O) groups is 1. The van der Waals surface area contributed by atoms with Gasteiger partial charge in [-0.3, -0.25) is 0 Å². The Morgan fingerprint density at radius 3 is 2.83 bits per heavy atom. The average Bonchev–Trinajstić information content (AvgIpc) is 2.34. The number of hydrogen-bond donors (Lipinski definition) is 2. The van der Waals surface area contributed by atoms with E-state index in [4.69, 9.17) is 10.4 Å². The van der Waals surface area contributed by atoms with Crippen LogP contribution in [0.25, 0.3) is 0 Å². The Morgan fingerprint density at radius 2 is 2.33 bits per heavy atom. The highest BCUT2D eigenvalue weighted by molar-refractivity contribution is 9.10. The van der Waals surface area contributed by atoms with Crippen LogP contribution < -0.4 is 5.32 Å². The molecule has 0 saturated heterocycles. The van der Waals surface area contributed by atoms with E-state index in [9.17, 15) is 9.18 Å². The van der Waals surface area contributed by atoms with E-state index in [-0.39, 0.29) is 15.7 Å². The van der Waals surface area contributed by atoms with Crippen molar-refractivity contribution in [3.63, 3.8) is 0 Å². The fraction of sp³-hybridized carbons (Fsp3) is 0.333. The van der Waals surface area contributed by atoms with Gasteiger partial charge in [0.05, 0.1) is 15.7 Å². The van der Waals surface area contributed by atoms with E-state index in [1.165, 1.54) is 12.1 Å². The van der Waals surface area contributed by atoms with Crippen LogP contribution in [-0.2, 0) is 4.79 Å². The van der Waals surface area contributed by atoms with Crippen molar-refractivity contribution in [1.29, 1.82) is 5.26 Å². The lowest BCUT2D eigenvalue weighted by Gasteiger charge is -2.16. The predicted molar refractivity (Wildman–Crippen MR) is 68.8 cm³/mol. The highest BCUT2D eigenvalue weighted by atomic mass is 79.9. The highest BCUT2D eigenvalue weighted by Crippen LogP contribution is 2.27. The summed E-state index contributed by atoms with van der Waals surface area (Å²) in [5.41, 5.74) is 0.238. The van der Waals surface area contributed by atoms with Gasteiger partial charge >= 0.3 is 5.97 Å². The van der Waals surface area contributed by atoms with E-state index >= 15 is 0 Å². The largest absolute Gasteiger partial charge is 0.480 e. The van der Waals surface area contributed by atoms with Crippen LogP contribution in [0, 0.1) is 17.1 Å². The van der Waals surface area contributed by atoms with Crippen LogP contribution in [0.15, 0.2) is 16.6 Å². The minimum atomic E-state index is -1.03. The molecule has 4 nitrogen and oxygen atoms in total. The van der Waals surface area contributed by atoms with E-state index in [1.807, 2.05) is 13.0 Å². The molecular weight excluding hydrogens is 303 g/mol. The Balaban J connectivity index is 3.01. The number of benzene rings is 1. The van der Waals surface area contributed by atoms with Crippen LogP contribution in [0.2, 0.25) is 0 Å². The molecule has 0 bridgehead atoms. The second-order valence-electron chi connectivity index (χ2n) is 3.72. The first-order valence-electron chi connectivity index (χ1n) is 5.38. The third-order valence-corrected chi connectivity index (χ3v) is 3.18. The summed E-state index contributed by atoms with van der Waals surface area (Å²) in [4.78, 5) is 11.0. The fourth-order valence-electron chi connectivity index (χ4n) is 1.48. The molecule has 2 N–H and O–H groups in total. The molecule has 1 rings (SSSR count). The van der Waals surface area contributed by atoms with Gasteiger partial charge in [0.2, 0.25) is 0 Å². The first-order valence-corrected chi connectivity index (χ1v) is 6.18. The smallest absolute Gasteiger partial charge is 0.326 e. The third-order valence-electron chi connectivity index (χ3n) is 2.41. The molecule has 0 amide bonds. The lowest BCUT2D eigenvalue weighted by Crippen LogP contribution is -2.29. The first kappa shape index (κ1) is 14.5. The van der Waals surface area contributed by atoms with Crippen LogP contribution in [-0.4, -0.2) is 17.1 Å². The van der Waals surface area contributed by atoms with E-state index in [1.54, 1.807) is 0 Å². The van der Waals surface area contributed by atoms with Gasteiger partial charge in [0.1, 0.15) is 12.1 Å². The third kappa shape index (κ3) is 3.20. The Bertz CT molecular complexity index is 500. The minimum absolute atomic E-state index is 0.0376. The van der Waals surface area contributed by atoms with Gasteiger partial charge in [-0.1, -0.05) is 13.3 Å². The number of nitrogens with zero attached hydrogens (tertiary/aromatic N) is 1. The summed E-state index contributed by atoms with van der Waals surface area (Å²) in [5.74, 6) is -1.69. The maximum atomic E-state index is 13.9. The molecule has 0 aliphatic rings. The maximum Gasteiger partial charge on any atom is 0.326 e. The minimum Gasteiger partial charge on any atom is -0.480 e. The Hall–Kier alpha value is -1.61. The number of nitriles is 1. The number of nitrogens with one attached hydrogen (secondary N) is 1. The van der Waals surface area contributed by atoms with Gasteiger partial charge < -0.3 is 10.4 Å². The van der Waals surface area contributed by atoms with Crippen LogP contribution in [0.1, 0.15) is 25.3 Å². The number of halogens is 2. The fourth-order valence-corrected chi connectivity index (χ4v) is 1.92. The summed E-state index contributed by atoms with van der Waals surface area (Å²) >= 11 is 2.97. The summed E-state index contributed by atoms with van der Waals surface area (Å²) in [6.45, 7) is 1.85. The number of anilines is 1. The van der Waals surface area contributed by atoms with E-state index in [2.05, 4.69) is 21.2 Å². The molecule has 1 aromatic rings. The molecule has 18 heavy (non-hydrogen) atoms. The van der Waals surface area contributed by atoms with Crippen molar-refractivity contribution in [2.45, 2.75) is 25.8 Å². The van der Waals surface area contributed by atoms with Crippen molar-refractivity contribution in [3.05, 3.63) is 28.0 Å². The first-order chi connectivity index (χ1) is 8.51. The van der Waals surface area contributed by atoms with Crippen LogP contribution in [0.3, 0.4) is 0 Å². The Labute approximate surface area is 113 Å². The molecule has 0 aliphatic carbocycles. The molecule has 0 saturated carbocycles. The SMILES string of the molecule is CCCC(Nc1ccc(C#N)c(Br)c1F)C(=O)O. The molecule has 1 aromatic carbocycles. The molecule has 1 unspecified atom stereocenters.